The van der Waals surface area contributed by atoms with E-state index in [1.807, 2.05) is 48.5 Å². The van der Waals surface area contributed by atoms with E-state index in [4.69, 9.17) is 14.2 Å². The van der Waals surface area contributed by atoms with Crippen LogP contribution < -0.4 is 4.74 Å². The molecule has 1 atom stereocenters. The number of ether oxygens (including phenoxy) is 3. The summed E-state index contributed by atoms with van der Waals surface area (Å²) in [5, 5.41) is 0. The predicted octanol–water partition coefficient (Wildman–Crippen LogP) is 4.33. The van der Waals surface area contributed by atoms with Crippen LogP contribution in [0.4, 0.5) is 0 Å². The van der Waals surface area contributed by atoms with Crippen LogP contribution >= 0.6 is 15.9 Å². The molecule has 2 aromatic carbocycles. The van der Waals surface area contributed by atoms with Crippen molar-refractivity contribution in [3.8, 4) is 5.75 Å². The highest BCUT2D eigenvalue weighted by Crippen LogP contribution is 2.36. The molecule has 27 heavy (non-hydrogen) atoms. The molecular formula is C21H23BrO5. The SMILES string of the molecule is CCOC(=O)C(C(=O)OCC)C(c1ccc(Br)cc1)c1cccc(OC)c1. The van der Waals surface area contributed by atoms with Crippen LogP contribution in [0.2, 0.25) is 0 Å². The minimum Gasteiger partial charge on any atom is -0.497 e. The fraction of sp³-hybridized carbons (Fsp3) is 0.333. The Morgan fingerprint density at radius 1 is 0.926 bits per heavy atom. The number of rotatable bonds is 8. The molecule has 0 aliphatic carbocycles. The zero-order valence-electron chi connectivity index (χ0n) is 15.6. The summed E-state index contributed by atoms with van der Waals surface area (Å²) in [4.78, 5) is 25.4. The third-order valence-electron chi connectivity index (χ3n) is 4.10. The summed E-state index contributed by atoms with van der Waals surface area (Å²) < 4.78 is 16.6. The Bertz CT molecular complexity index is 754. The average Bonchev–Trinajstić information content (AvgIpc) is 2.67. The van der Waals surface area contributed by atoms with Crippen molar-refractivity contribution in [2.45, 2.75) is 19.8 Å². The van der Waals surface area contributed by atoms with Crippen LogP contribution in [-0.4, -0.2) is 32.3 Å². The normalized spacial score (nSPS) is 11.7. The number of hydrogen-bond acceptors (Lipinski definition) is 5. The third-order valence-corrected chi connectivity index (χ3v) is 4.63. The molecule has 0 aliphatic rings. The lowest BCUT2D eigenvalue weighted by Gasteiger charge is -2.25. The van der Waals surface area contributed by atoms with E-state index in [1.165, 1.54) is 0 Å². The summed E-state index contributed by atoms with van der Waals surface area (Å²) in [6.07, 6.45) is 0. The topological polar surface area (TPSA) is 61.8 Å². The first-order valence-electron chi connectivity index (χ1n) is 8.74. The van der Waals surface area contributed by atoms with Crippen molar-refractivity contribution in [1.82, 2.24) is 0 Å². The molecule has 0 saturated carbocycles. The second-order valence-electron chi connectivity index (χ2n) is 5.79. The maximum atomic E-state index is 12.7. The standard InChI is InChI=1S/C21H23BrO5/c1-4-26-20(23)19(21(24)27-5-2)18(14-9-11-16(22)12-10-14)15-7-6-8-17(13-15)25-3/h6-13,18-19H,4-5H2,1-3H3. The molecule has 0 aliphatic heterocycles. The maximum Gasteiger partial charge on any atom is 0.321 e. The molecule has 144 valence electrons. The Kier molecular flexibility index (Phi) is 7.85. The molecule has 0 aromatic heterocycles. The van der Waals surface area contributed by atoms with Crippen LogP contribution in [-0.2, 0) is 19.1 Å². The minimum atomic E-state index is -1.11. The molecule has 2 aromatic rings. The van der Waals surface area contributed by atoms with Gasteiger partial charge in [-0.25, -0.2) is 0 Å². The van der Waals surface area contributed by atoms with E-state index in [0.717, 1.165) is 15.6 Å². The number of carbonyl (C=O) groups excluding carboxylic acids is 2. The highest BCUT2D eigenvalue weighted by atomic mass is 79.9. The maximum absolute atomic E-state index is 12.7. The van der Waals surface area contributed by atoms with Crippen LogP contribution in [0.15, 0.2) is 53.0 Å². The van der Waals surface area contributed by atoms with Crippen molar-refractivity contribution in [3.63, 3.8) is 0 Å². The van der Waals surface area contributed by atoms with Gasteiger partial charge in [0.15, 0.2) is 5.92 Å². The second kappa shape index (κ2) is 10.1. The number of methoxy groups -OCH3 is 1. The quantitative estimate of drug-likeness (QED) is 0.456. The van der Waals surface area contributed by atoms with Crippen LogP contribution in [0.1, 0.15) is 30.9 Å². The van der Waals surface area contributed by atoms with Crippen molar-refractivity contribution in [1.29, 1.82) is 0 Å². The Morgan fingerprint density at radius 2 is 1.52 bits per heavy atom. The Balaban J connectivity index is 2.60. The van der Waals surface area contributed by atoms with Gasteiger partial charge in [0.1, 0.15) is 5.75 Å². The summed E-state index contributed by atoms with van der Waals surface area (Å²) in [6, 6.07) is 14.8. The van der Waals surface area contributed by atoms with Gasteiger partial charge >= 0.3 is 11.9 Å². The monoisotopic (exact) mass is 434 g/mol. The Labute approximate surface area is 167 Å². The van der Waals surface area contributed by atoms with Crippen LogP contribution in [0.3, 0.4) is 0 Å². The first-order valence-corrected chi connectivity index (χ1v) is 9.53. The summed E-state index contributed by atoms with van der Waals surface area (Å²) in [5.74, 6) is -2.25. The van der Waals surface area contributed by atoms with E-state index in [1.54, 1.807) is 21.0 Å². The van der Waals surface area contributed by atoms with Crippen LogP contribution in [0.5, 0.6) is 5.75 Å². The molecular weight excluding hydrogens is 412 g/mol. The van der Waals surface area contributed by atoms with Crippen LogP contribution in [0.25, 0.3) is 0 Å². The summed E-state index contributed by atoms with van der Waals surface area (Å²) in [7, 11) is 1.57. The number of esters is 2. The molecule has 0 saturated heterocycles. The van der Waals surface area contributed by atoms with Gasteiger partial charge in [-0.05, 0) is 49.2 Å². The zero-order valence-corrected chi connectivity index (χ0v) is 17.2. The highest BCUT2D eigenvalue weighted by molar-refractivity contribution is 9.10. The molecule has 0 bridgehead atoms. The number of halogens is 1. The van der Waals surface area contributed by atoms with Gasteiger partial charge in [-0.1, -0.05) is 40.2 Å². The second-order valence-corrected chi connectivity index (χ2v) is 6.70. The Hall–Kier alpha value is -2.34. The zero-order chi connectivity index (χ0) is 19.8. The fourth-order valence-corrected chi connectivity index (χ4v) is 3.18. The third kappa shape index (κ3) is 5.32. The van der Waals surface area contributed by atoms with E-state index in [0.29, 0.717) is 5.75 Å². The highest BCUT2D eigenvalue weighted by Gasteiger charge is 2.39. The van der Waals surface area contributed by atoms with Gasteiger partial charge in [-0.15, -0.1) is 0 Å². The van der Waals surface area contributed by atoms with Crippen molar-refractivity contribution in [2.24, 2.45) is 5.92 Å². The summed E-state index contributed by atoms with van der Waals surface area (Å²) >= 11 is 3.42. The molecule has 0 fully saturated rings. The minimum absolute atomic E-state index is 0.180. The average molecular weight is 435 g/mol. The van der Waals surface area contributed by atoms with Crippen molar-refractivity contribution in [3.05, 3.63) is 64.1 Å². The largest absolute Gasteiger partial charge is 0.497 e. The van der Waals surface area contributed by atoms with Crippen molar-refractivity contribution < 1.29 is 23.8 Å². The molecule has 2 rings (SSSR count). The molecule has 0 N–H and O–H groups in total. The summed E-state index contributed by atoms with van der Waals surface area (Å²) in [6.45, 7) is 3.78. The Morgan fingerprint density at radius 3 is 2.04 bits per heavy atom. The first kappa shape index (κ1) is 21.0. The van der Waals surface area contributed by atoms with E-state index >= 15 is 0 Å². The van der Waals surface area contributed by atoms with Crippen LogP contribution in [0, 0.1) is 5.92 Å². The summed E-state index contributed by atoms with van der Waals surface area (Å²) in [5.41, 5.74) is 1.57. The molecule has 6 heteroatoms. The van der Waals surface area contributed by atoms with Gasteiger partial charge in [-0.2, -0.15) is 0 Å². The van der Waals surface area contributed by atoms with E-state index < -0.39 is 23.8 Å². The molecule has 1 unspecified atom stereocenters. The smallest absolute Gasteiger partial charge is 0.321 e. The van der Waals surface area contributed by atoms with Crippen molar-refractivity contribution >= 4 is 27.9 Å². The lowest BCUT2D eigenvalue weighted by molar-refractivity contribution is -0.162. The molecule has 0 spiro atoms. The van der Waals surface area contributed by atoms with Gasteiger partial charge in [-0.3, -0.25) is 9.59 Å². The lowest BCUT2D eigenvalue weighted by Crippen LogP contribution is -2.34. The van der Waals surface area contributed by atoms with E-state index in [9.17, 15) is 9.59 Å². The molecule has 0 heterocycles. The molecule has 0 amide bonds. The lowest BCUT2D eigenvalue weighted by atomic mass is 9.80. The fourth-order valence-electron chi connectivity index (χ4n) is 2.91. The van der Waals surface area contributed by atoms with Gasteiger partial charge in [0.25, 0.3) is 0 Å². The predicted molar refractivity (Wildman–Crippen MR) is 106 cm³/mol. The van der Waals surface area contributed by atoms with Crippen molar-refractivity contribution in [2.75, 3.05) is 20.3 Å². The van der Waals surface area contributed by atoms with Gasteiger partial charge in [0, 0.05) is 10.4 Å². The number of carbonyl (C=O) groups is 2. The molecule has 5 nitrogen and oxygen atoms in total. The first-order chi connectivity index (χ1) is 13.0. The van der Waals surface area contributed by atoms with Gasteiger partial charge < -0.3 is 14.2 Å². The van der Waals surface area contributed by atoms with Gasteiger partial charge in [0.2, 0.25) is 0 Å². The van der Waals surface area contributed by atoms with E-state index in [-0.39, 0.29) is 13.2 Å². The number of hydrogen-bond donors (Lipinski definition) is 0. The van der Waals surface area contributed by atoms with Gasteiger partial charge in [0.05, 0.1) is 20.3 Å². The van der Waals surface area contributed by atoms with E-state index in [2.05, 4.69) is 15.9 Å². The molecule has 0 radical (unpaired) electrons. The number of benzene rings is 2.